The Morgan fingerprint density at radius 1 is 1.09 bits per heavy atom. The van der Waals surface area contributed by atoms with Gasteiger partial charge in [-0.05, 0) is 37.1 Å². The largest absolute Gasteiger partial charge is 0.516 e. The van der Waals surface area contributed by atoms with E-state index in [1.165, 1.54) is 12.1 Å². The normalized spacial score (nSPS) is 12.0. The number of nitrogens with one attached hydrogen (secondary N) is 1. The van der Waals surface area contributed by atoms with E-state index in [0.29, 0.717) is 0 Å². The highest BCUT2D eigenvalue weighted by Gasteiger charge is 2.47. The van der Waals surface area contributed by atoms with Crippen molar-refractivity contribution >= 4 is 21.6 Å². The van der Waals surface area contributed by atoms with Gasteiger partial charge in [0.15, 0.2) is 0 Å². The lowest BCUT2D eigenvalue weighted by atomic mass is 10.2. The fourth-order valence-corrected chi connectivity index (χ4v) is 2.45. The first-order valence-corrected chi connectivity index (χ1v) is 8.59. The fraction of sp³-hybridized carbons (Fsp3) is 0.500. The van der Waals surface area contributed by atoms with Crippen molar-refractivity contribution in [3.63, 3.8) is 0 Å². The summed E-state index contributed by atoms with van der Waals surface area (Å²) >= 11 is 0. The van der Waals surface area contributed by atoms with Gasteiger partial charge in [0.1, 0.15) is 0 Å². The number of carbonyl (C=O) groups is 1. The van der Waals surface area contributed by atoms with Gasteiger partial charge < -0.3 is 4.90 Å². The molecule has 0 aliphatic heterocycles. The van der Waals surface area contributed by atoms with E-state index in [2.05, 4.69) is 4.90 Å². The monoisotopic (exact) mass is 352 g/mol. The van der Waals surface area contributed by atoms with Crippen LogP contribution in [-0.4, -0.2) is 32.9 Å². The lowest BCUT2D eigenvalue weighted by Crippen LogP contribution is -2.40. The third-order valence-corrected chi connectivity index (χ3v) is 4.08. The molecule has 1 amide bonds. The maximum absolute atomic E-state index is 12.2. The molecule has 130 valence electrons. The van der Waals surface area contributed by atoms with Gasteiger partial charge >= 0.3 is 15.5 Å². The molecule has 5 nitrogen and oxygen atoms in total. The third kappa shape index (κ3) is 5.12. The Morgan fingerprint density at radius 3 is 1.96 bits per heavy atom. The summed E-state index contributed by atoms with van der Waals surface area (Å²) in [5.74, 6) is -1.31. The molecule has 0 bridgehead atoms. The Morgan fingerprint density at radius 2 is 1.57 bits per heavy atom. The molecule has 0 radical (unpaired) electrons. The highest BCUT2D eigenvalue weighted by molar-refractivity contribution is 7.90. The van der Waals surface area contributed by atoms with Crippen LogP contribution in [0.1, 0.15) is 37.0 Å². The second-order valence-corrected chi connectivity index (χ2v) is 6.59. The molecule has 1 rings (SSSR count). The number of hydrogen-bond donors (Lipinski definition) is 1. The summed E-state index contributed by atoms with van der Waals surface area (Å²) in [6.45, 7) is 5.66. The topological polar surface area (TPSA) is 66.5 Å². The molecular weight excluding hydrogens is 333 g/mol. The van der Waals surface area contributed by atoms with Crippen molar-refractivity contribution in [2.24, 2.45) is 0 Å². The molecule has 23 heavy (non-hydrogen) atoms. The van der Waals surface area contributed by atoms with Crippen LogP contribution in [-0.2, 0) is 10.0 Å². The van der Waals surface area contributed by atoms with Crippen molar-refractivity contribution in [3.05, 3.63) is 29.8 Å². The van der Waals surface area contributed by atoms with Crippen molar-refractivity contribution in [1.29, 1.82) is 0 Å². The predicted octanol–water partition coefficient (Wildman–Crippen LogP) is 2.89. The molecule has 0 aliphatic carbocycles. The zero-order valence-corrected chi connectivity index (χ0v) is 13.7. The molecule has 1 aromatic rings. The minimum absolute atomic E-state index is 0.158. The van der Waals surface area contributed by atoms with Crippen LogP contribution >= 0.6 is 0 Å². The van der Waals surface area contributed by atoms with Gasteiger partial charge in [0.05, 0.1) is 0 Å². The molecule has 0 aromatic heterocycles. The highest BCUT2D eigenvalue weighted by Crippen LogP contribution is 2.22. The Balaban J connectivity index is 2.90. The van der Waals surface area contributed by atoms with Crippen molar-refractivity contribution in [2.75, 3.05) is 18.0 Å². The van der Waals surface area contributed by atoms with E-state index >= 15 is 0 Å². The van der Waals surface area contributed by atoms with Gasteiger partial charge in [-0.1, -0.05) is 13.8 Å². The summed E-state index contributed by atoms with van der Waals surface area (Å²) in [5.41, 5.74) is -4.86. The third-order valence-electron chi connectivity index (χ3n) is 3.01. The summed E-state index contributed by atoms with van der Waals surface area (Å²) in [5, 5.41) is 0. The Hall–Kier alpha value is -1.77. The van der Waals surface area contributed by atoms with E-state index in [0.717, 1.165) is 36.3 Å². The molecule has 0 heterocycles. The molecule has 0 saturated heterocycles. The number of nitrogens with zero attached hydrogens (tertiary/aromatic N) is 1. The number of alkyl halides is 3. The standard InChI is InChI=1S/C14H19F3N2O3S/c1-3-9-19(10-4-2)12-7-5-11(6-8-12)13(20)18-23(21,22)14(15,16)17/h5-8H,3-4,9-10H2,1-2H3,(H,18,20). The van der Waals surface area contributed by atoms with Crippen LogP contribution < -0.4 is 9.62 Å². The van der Waals surface area contributed by atoms with E-state index < -0.39 is 21.4 Å². The molecule has 9 heteroatoms. The lowest BCUT2D eigenvalue weighted by Gasteiger charge is -2.23. The molecule has 0 aliphatic rings. The molecule has 0 spiro atoms. The fourth-order valence-electron chi connectivity index (χ4n) is 1.97. The number of carbonyl (C=O) groups excluding carboxylic acids is 1. The van der Waals surface area contributed by atoms with Crippen LogP contribution in [0.15, 0.2) is 24.3 Å². The quantitative estimate of drug-likeness (QED) is 0.819. The van der Waals surface area contributed by atoms with Gasteiger partial charge in [0.25, 0.3) is 5.91 Å². The molecule has 1 aromatic carbocycles. The highest BCUT2D eigenvalue weighted by atomic mass is 32.2. The number of amides is 1. The van der Waals surface area contributed by atoms with Crippen LogP contribution in [0.4, 0.5) is 18.9 Å². The van der Waals surface area contributed by atoms with Crippen molar-refractivity contribution in [1.82, 2.24) is 4.72 Å². The van der Waals surface area contributed by atoms with Gasteiger partial charge in [0, 0.05) is 24.3 Å². The summed E-state index contributed by atoms with van der Waals surface area (Å²) in [4.78, 5) is 13.7. The first-order chi connectivity index (χ1) is 10.6. The van der Waals surface area contributed by atoms with E-state index in [1.54, 1.807) is 12.1 Å². The average Bonchev–Trinajstić information content (AvgIpc) is 2.45. The molecule has 0 unspecified atom stereocenters. The van der Waals surface area contributed by atoms with E-state index in [-0.39, 0.29) is 5.56 Å². The summed E-state index contributed by atoms with van der Waals surface area (Å²) in [7, 11) is -5.70. The van der Waals surface area contributed by atoms with E-state index in [1.807, 2.05) is 13.8 Å². The van der Waals surface area contributed by atoms with Crippen LogP contribution in [0.5, 0.6) is 0 Å². The van der Waals surface area contributed by atoms with Gasteiger partial charge in [-0.25, -0.2) is 4.72 Å². The zero-order valence-electron chi connectivity index (χ0n) is 12.9. The summed E-state index contributed by atoms with van der Waals surface area (Å²) in [6, 6.07) is 5.77. The van der Waals surface area contributed by atoms with Crippen LogP contribution in [0, 0.1) is 0 Å². The molecule has 0 atom stereocenters. The lowest BCUT2D eigenvalue weighted by molar-refractivity contribution is -0.0446. The minimum Gasteiger partial charge on any atom is -0.372 e. The number of benzene rings is 1. The van der Waals surface area contributed by atoms with Gasteiger partial charge in [-0.2, -0.15) is 21.6 Å². The van der Waals surface area contributed by atoms with Crippen LogP contribution in [0.2, 0.25) is 0 Å². The number of hydrogen-bond acceptors (Lipinski definition) is 4. The number of rotatable bonds is 7. The first kappa shape index (κ1) is 19.3. The first-order valence-electron chi connectivity index (χ1n) is 7.10. The average molecular weight is 352 g/mol. The van der Waals surface area contributed by atoms with Crippen molar-refractivity contribution in [3.8, 4) is 0 Å². The van der Waals surface area contributed by atoms with Crippen molar-refractivity contribution < 1.29 is 26.4 Å². The molecule has 0 fully saturated rings. The summed E-state index contributed by atoms with van der Waals surface area (Å²) < 4.78 is 59.6. The number of halogens is 3. The Bertz CT molecular complexity index is 622. The van der Waals surface area contributed by atoms with Gasteiger partial charge in [-0.15, -0.1) is 0 Å². The summed E-state index contributed by atoms with van der Waals surface area (Å²) in [6.07, 6.45) is 1.85. The number of sulfonamides is 1. The maximum Gasteiger partial charge on any atom is 0.516 e. The smallest absolute Gasteiger partial charge is 0.372 e. The second kappa shape index (κ2) is 7.67. The Kier molecular flexibility index (Phi) is 6.43. The van der Waals surface area contributed by atoms with Gasteiger partial charge in [-0.3, -0.25) is 4.79 Å². The zero-order chi connectivity index (χ0) is 17.7. The molecular formula is C14H19F3N2O3S. The van der Waals surface area contributed by atoms with Crippen LogP contribution in [0.3, 0.4) is 0 Å². The number of anilines is 1. The predicted molar refractivity (Wildman–Crippen MR) is 81.7 cm³/mol. The SMILES string of the molecule is CCCN(CCC)c1ccc(C(=O)NS(=O)(=O)C(F)(F)F)cc1. The molecule has 1 N–H and O–H groups in total. The maximum atomic E-state index is 12.2. The minimum atomic E-state index is -5.70. The van der Waals surface area contributed by atoms with Crippen LogP contribution in [0.25, 0.3) is 0 Å². The van der Waals surface area contributed by atoms with E-state index in [9.17, 15) is 26.4 Å². The van der Waals surface area contributed by atoms with E-state index in [4.69, 9.17) is 0 Å². The molecule has 0 saturated carbocycles. The Labute approximate surface area is 133 Å². The van der Waals surface area contributed by atoms with Gasteiger partial charge in [0.2, 0.25) is 0 Å². The van der Waals surface area contributed by atoms with Crippen molar-refractivity contribution in [2.45, 2.75) is 32.2 Å². The second-order valence-electron chi connectivity index (χ2n) is 4.91.